The van der Waals surface area contributed by atoms with Gasteiger partial charge in [0.1, 0.15) is 29.0 Å². The van der Waals surface area contributed by atoms with Crippen molar-refractivity contribution in [2.24, 2.45) is 0 Å². The molecule has 1 fully saturated rings. The van der Waals surface area contributed by atoms with Crippen molar-refractivity contribution in [3.05, 3.63) is 123 Å². The first-order valence-corrected chi connectivity index (χ1v) is 17.9. The maximum absolute atomic E-state index is 13.1. The minimum absolute atomic E-state index is 0.105. The summed E-state index contributed by atoms with van der Waals surface area (Å²) < 4.78 is 11.8. The minimum atomic E-state index is -0.639. The lowest BCUT2D eigenvalue weighted by molar-refractivity contribution is -0.137. The lowest BCUT2D eigenvalue weighted by atomic mass is 10.00. The highest BCUT2D eigenvalue weighted by Crippen LogP contribution is 2.30. The number of Topliss-reactive ketones (excluding diaryl/α,β-unsaturated/α-hetero) is 2. The molecular weight excluding hydrogens is 682 g/mol. The first-order chi connectivity index (χ1) is 25.1. The Hall–Kier alpha value is -5.19. The molecule has 0 radical (unpaired) electrons. The molecule has 2 aliphatic heterocycles. The lowest BCUT2D eigenvalue weighted by Crippen LogP contribution is -2.52. The number of aryl methyl sites for hydroxylation is 2. The van der Waals surface area contributed by atoms with Crippen LogP contribution in [0, 0.1) is 6.92 Å². The number of aromatic nitrogens is 1. The number of rotatable bonds is 16. The molecule has 52 heavy (non-hydrogen) atoms. The summed E-state index contributed by atoms with van der Waals surface area (Å²) in [7, 11) is 0. The molecular formula is C41H40ClN3O7. The van der Waals surface area contributed by atoms with Crippen LogP contribution in [-0.2, 0) is 44.9 Å². The number of halogens is 1. The van der Waals surface area contributed by atoms with E-state index in [0.29, 0.717) is 79.6 Å². The van der Waals surface area contributed by atoms with Gasteiger partial charge >= 0.3 is 0 Å². The summed E-state index contributed by atoms with van der Waals surface area (Å²) in [5.41, 5.74) is 5.65. The second kappa shape index (κ2) is 16.9. The maximum atomic E-state index is 13.1. The van der Waals surface area contributed by atoms with Gasteiger partial charge in [0, 0.05) is 68.3 Å². The van der Waals surface area contributed by atoms with E-state index in [1.54, 1.807) is 41.4 Å². The van der Waals surface area contributed by atoms with Crippen LogP contribution < -0.4 is 10.1 Å². The SMILES string of the molecule is Cc1cc(CC(=O)Cc2ccc(Oc3ccnc(C(=O)CCCOCCCc4cccc5c4CN(C4CCC(=O)NC4=O)C5=O)c3)cc2)ccc1Cl. The van der Waals surface area contributed by atoms with Crippen molar-refractivity contribution in [2.75, 3.05) is 13.2 Å². The molecule has 2 aliphatic rings. The van der Waals surface area contributed by atoms with E-state index >= 15 is 0 Å². The van der Waals surface area contributed by atoms with Crippen molar-refractivity contribution in [1.29, 1.82) is 0 Å². The number of carbonyl (C=O) groups excluding carboxylic acids is 5. The molecule has 10 nitrogen and oxygen atoms in total. The average Bonchev–Trinajstić information content (AvgIpc) is 3.46. The van der Waals surface area contributed by atoms with Crippen LogP contribution in [0.15, 0.2) is 79.0 Å². The molecule has 1 aromatic heterocycles. The predicted molar refractivity (Wildman–Crippen MR) is 195 cm³/mol. The number of ketones is 2. The summed E-state index contributed by atoms with van der Waals surface area (Å²) in [5, 5.41) is 3.02. The van der Waals surface area contributed by atoms with Crippen LogP contribution in [0.4, 0.5) is 0 Å². The van der Waals surface area contributed by atoms with Gasteiger partial charge in [-0.3, -0.25) is 34.3 Å². The van der Waals surface area contributed by atoms with Crippen LogP contribution >= 0.6 is 11.6 Å². The number of amides is 3. The van der Waals surface area contributed by atoms with Gasteiger partial charge in [-0.15, -0.1) is 0 Å². The largest absolute Gasteiger partial charge is 0.457 e. The normalized spacial score (nSPS) is 15.4. The van der Waals surface area contributed by atoms with Gasteiger partial charge in [0.2, 0.25) is 11.8 Å². The van der Waals surface area contributed by atoms with Gasteiger partial charge in [-0.2, -0.15) is 0 Å². The fourth-order valence-corrected chi connectivity index (χ4v) is 6.70. The standard InChI is InChI=1S/C41H40ClN3O7/c1-26-21-28(11-14-35(26)42)23-30(46)22-27-9-12-31(13-10-27)52-32-17-18-43-36(24-32)38(47)8-4-20-51-19-3-6-29-5-2-7-33-34(29)25-45(41(33)50)37-15-16-39(48)44-40(37)49/h2,5,7,9-14,17-18,21,24,37H,3-4,6,8,15-16,19-20,22-23,25H2,1H3,(H,44,48,49). The van der Waals surface area contributed by atoms with Gasteiger partial charge in [0.15, 0.2) is 5.78 Å². The minimum Gasteiger partial charge on any atom is -0.457 e. The molecule has 4 aromatic rings. The van der Waals surface area contributed by atoms with Gasteiger partial charge in [0.05, 0.1) is 0 Å². The molecule has 1 atom stereocenters. The highest BCUT2D eigenvalue weighted by atomic mass is 35.5. The summed E-state index contributed by atoms with van der Waals surface area (Å²) in [6.45, 7) is 3.19. The predicted octanol–water partition coefficient (Wildman–Crippen LogP) is 6.56. The zero-order chi connectivity index (χ0) is 36.6. The summed E-state index contributed by atoms with van der Waals surface area (Å²) in [5.74, 6) is 0.166. The van der Waals surface area contributed by atoms with Gasteiger partial charge in [-0.05, 0) is 90.8 Å². The highest BCUT2D eigenvalue weighted by Gasteiger charge is 2.39. The number of piperidine rings is 1. The summed E-state index contributed by atoms with van der Waals surface area (Å²) in [6, 6.07) is 21.3. The molecule has 1 saturated heterocycles. The third-order valence-corrected chi connectivity index (χ3v) is 9.73. The Bertz CT molecular complexity index is 1990. The smallest absolute Gasteiger partial charge is 0.255 e. The van der Waals surface area contributed by atoms with E-state index in [4.69, 9.17) is 21.1 Å². The molecule has 268 valence electrons. The highest BCUT2D eigenvalue weighted by molar-refractivity contribution is 6.31. The quantitative estimate of drug-likeness (QED) is 0.0782. The summed E-state index contributed by atoms with van der Waals surface area (Å²) >= 11 is 6.09. The summed E-state index contributed by atoms with van der Waals surface area (Å²) in [6.07, 6.45) is 5.01. The zero-order valence-corrected chi connectivity index (χ0v) is 29.7. The molecule has 0 spiro atoms. The van der Waals surface area contributed by atoms with Crippen molar-refractivity contribution >= 4 is 40.9 Å². The van der Waals surface area contributed by atoms with Crippen molar-refractivity contribution in [2.45, 2.75) is 70.9 Å². The van der Waals surface area contributed by atoms with Crippen molar-refractivity contribution < 1.29 is 33.4 Å². The molecule has 0 saturated carbocycles. The Morgan fingerprint density at radius 1 is 0.923 bits per heavy atom. The number of imide groups is 1. The topological polar surface area (TPSA) is 132 Å². The third-order valence-electron chi connectivity index (χ3n) is 9.31. The first-order valence-electron chi connectivity index (χ1n) is 17.5. The zero-order valence-electron chi connectivity index (χ0n) is 29.0. The number of nitrogens with one attached hydrogen (secondary N) is 1. The fourth-order valence-electron chi connectivity index (χ4n) is 6.59. The average molecular weight is 722 g/mol. The molecule has 1 N–H and O–H groups in total. The van der Waals surface area contributed by atoms with E-state index in [9.17, 15) is 24.0 Å². The number of pyridine rings is 1. The Balaban J connectivity index is 0.901. The van der Waals surface area contributed by atoms with E-state index in [1.165, 1.54) is 0 Å². The van der Waals surface area contributed by atoms with Crippen molar-refractivity contribution in [3.8, 4) is 11.5 Å². The Kier molecular flexibility index (Phi) is 11.9. The van der Waals surface area contributed by atoms with Crippen LogP contribution in [0.2, 0.25) is 5.02 Å². The molecule has 0 bridgehead atoms. The van der Waals surface area contributed by atoms with Crippen molar-refractivity contribution in [1.82, 2.24) is 15.2 Å². The Morgan fingerprint density at radius 2 is 1.69 bits per heavy atom. The number of nitrogens with zero attached hydrogens (tertiary/aromatic N) is 2. The second-order valence-corrected chi connectivity index (χ2v) is 13.6. The Labute approximate surface area is 307 Å². The van der Waals surface area contributed by atoms with Crippen LogP contribution in [0.5, 0.6) is 11.5 Å². The molecule has 11 heteroatoms. The lowest BCUT2D eigenvalue weighted by Gasteiger charge is -2.29. The third kappa shape index (κ3) is 9.18. The number of hydrogen-bond acceptors (Lipinski definition) is 8. The number of ether oxygens (including phenoxy) is 2. The monoisotopic (exact) mass is 721 g/mol. The number of hydrogen-bond donors (Lipinski definition) is 1. The van der Waals surface area contributed by atoms with E-state index in [2.05, 4.69) is 10.3 Å². The second-order valence-electron chi connectivity index (χ2n) is 13.2. The number of fused-ring (bicyclic) bond motifs is 1. The summed E-state index contributed by atoms with van der Waals surface area (Å²) in [4.78, 5) is 68.3. The van der Waals surface area contributed by atoms with E-state index < -0.39 is 11.9 Å². The van der Waals surface area contributed by atoms with Gasteiger partial charge in [-0.25, -0.2) is 0 Å². The van der Waals surface area contributed by atoms with Crippen molar-refractivity contribution in [3.63, 3.8) is 0 Å². The molecule has 3 amide bonds. The molecule has 6 rings (SSSR count). The van der Waals surface area contributed by atoms with Crippen LogP contribution in [0.1, 0.15) is 80.8 Å². The van der Waals surface area contributed by atoms with Gasteiger partial charge in [0.25, 0.3) is 5.91 Å². The van der Waals surface area contributed by atoms with Crippen LogP contribution in [-0.4, -0.2) is 58.4 Å². The van der Waals surface area contributed by atoms with Gasteiger partial charge in [-0.1, -0.05) is 48.0 Å². The molecule has 0 aliphatic carbocycles. The fraction of sp³-hybridized carbons (Fsp3) is 0.317. The molecule has 3 heterocycles. The van der Waals surface area contributed by atoms with E-state index in [1.807, 2.05) is 49.4 Å². The van der Waals surface area contributed by atoms with E-state index in [-0.39, 0.29) is 36.2 Å². The number of benzene rings is 3. The van der Waals surface area contributed by atoms with Crippen LogP contribution in [0.25, 0.3) is 0 Å². The van der Waals surface area contributed by atoms with E-state index in [0.717, 1.165) is 34.2 Å². The maximum Gasteiger partial charge on any atom is 0.255 e. The van der Waals surface area contributed by atoms with Gasteiger partial charge < -0.3 is 14.4 Å². The first kappa shape index (κ1) is 36.6. The Morgan fingerprint density at radius 3 is 2.48 bits per heavy atom. The molecule has 1 unspecified atom stereocenters. The molecule has 3 aromatic carbocycles. The van der Waals surface area contributed by atoms with Crippen LogP contribution in [0.3, 0.4) is 0 Å². The number of carbonyl (C=O) groups is 5.